The van der Waals surface area contributed by atoms with Crippen LogP contribution in [0.2, 0.25) is 0 Å². The van der Waals surface area contributed by atoms with Crippen LogP contribution in [0.4, 0.5) is 5.82 Å². The van der Waals surface area contributed by atoms with Gasteiger partial charge in [0.25, 0.3) is 0 Å². The van der Waals surface area contributed by atoms with Crippen LogP contribution < -0.4 is 4.90 Å². The van der Waals surface area contributed by atoms with Gasteiger partial charge in [-0.15, -0.1) is 10.2 Å². The van der Waals surface area contributed by atoms with E-state index >= 15 is 0 Å². The Kier molecular flexibility index (Phi) is 4.78. The summed E-state index contributed by atoms with van der Waals surface area (Å²) < 4.78 is 5.26. The van der Waals surface area contributed by atoms with Gasteiger partial charge < -0.3 is 14.4 Å². The minimum atomic E-state index is -0.553. The first-order chi connectivity index (χ1) is 10.3. The summed E-state index contributed by atoms with van der Waals surface area (Å²) in [5, 5.41) is 8.12. The molecule has 6 nitrogen and oxygen atoms in total. The van der Waals surface area contributed by atoms with Crippen molar-refractivity contribution < 1.29 is 14.3 Å². The Hall–Kier alpha value is -1.98. The molecule has 1 fully saturated rings. The molecule has 22 heavy (non-hydrogen) atoms. The molecule has 0 saturated carbocycles. The average molecular weight is 305 g/mol. The SMILES string of the molecule is C[C@H]1C[C@@H](C=O)CCN1c1ccc(C(=O)OC(C)(C)C)nn1. The monoisotopic (exact) mass is 305 g/mol. The molecule has 2 heterocycles. The van der Waals surface area contributed by atoms with Crippen LogP contribution in [0, 0.1) is 5.92 Å². The number of aldehydes is 1. The first-order valence-electron chi connectivity index (χ1n) is 7.59. The highest BCUT2D eigenvalue weighted by atomic mass is 16.6. The van der Waals surface area contributed by atoms with Crippen molar-refractivity contribution in [2.75, 3.05) is 11.4 Å². The second kappa shape index (κ2) is 6.42. The highest BCUT2D eigenvalue weighted by molar-refractivity contribution is 5.87. The summed E-state index contributed by atoms with van der Waals surface area (Å²) in [5.74, 6) is 0.378. The number of aromatic nitrogens is 2. The van der Waals surface area contributed by atoms with Crippen molar-refractivity contribution in [2.24, 2.45) is 5.92 Å². The molecule has 1 aliphatic heterocycles. The molecule has 0 bridgehead atoms. The van der Waals surface area contributed by atoms with Crippen LogP contribution in [0.25, 0.3) is 0 Å². The van der Waals surface area contributed by atoms with E-state index in [1.54, 1.807) is 12.1 Å². The Bertz CT molecular complexity index is 537. The molecule has 0 aromatic carbocycles. The van der Waals surface area contributed by atoms with E-state index in [0.29, 0.717) is 0 Å². The zero-order valence-electron chi connectivity index (χ0n) is 13.6. The van der Waals surface area contributed by atoms with Crippen molar-refractivity contribution in [3.05, 3.63) is 17.8 Å². The number of ether oxygens (including phenoxy) is 1. The van der Waals surface area contributed by atoms with Gasteiger partial charge in [-0.05, 0) is 52.7 Å². The van der Waals surface area contributed by atoms with Crippen molar-refractivity contribution in [2.45, 2.75) is 52.2 Å². The van der Waals surface area contributed by atoms with Gasteiger partial charge in [-0.2, -0.15) is 0 Å². The fraction of sp³-hybridized carbons (Fsp3) is 0.625. The number of anilines is 1. The molecule has 1 aromatic rings. The Morgan fingerprint density at radius 1 is 1.36 bits per heavy atom. The zero-order chi connectivity index (χ0) is 16.3. The van der Waals surface area contributed by atoms with Crippen LogP contribution in [-0.4, -0.2) is 40.6 Å². The lowest BCUT2D eigenvalue weighted by atomic mass is 9.93. The van der Waals surface area contributed by atoms with E-state index in [-0.39, 0.29) is 17.7 Å². The van der Waals surface area contributed by atoms with Crippen LogP contribution in [0.15, 0.2) is 12.1 Å². The molecular weight excluding hydrogens is 282 g/mol. The number of piperidine rings is 1. The number of hydrogen-bond acceptors (Lipinski definition) is 6. The largest absolute Gasteiger partial charge is 0.455 e. The van der Waals surface area contributed by atoms with Gasteiger partial charge in [0, 0.05) is 18.5 Å². The maximum absolute atomic E-state index is 11.9. The second-order valence-corrected chi connectivity index (χ2v) is 6.74. The van der Waals surface area contributed by atoms with Gasteiger partial charge in [-0.3, -0.25) is 0 Å². The molecule has 1 aliphatic rings. The van der Waals surface area contributed by atoms with Crippen molar-refractivity contribution >= 4 is 18.1 Å². The maximum Gasteiger partial charge on any atom is 0.359 e. The van der Waals surface area contributed by atoms with Gasteiger partial charge >= 0.3 is 5.97 Å². The Morgan fingerprint density at radius 3 is 2.59 bits per heavy atom. The number of carbonyl (C=O) groups excluding carboxylic acids is 2. The lowest BCUT2D eigenvalue weighted by Gasteiger charge is -2.36. The van der Waals surface area contributed by atoms with E-state index in [2.05, 4.69) is 22.0 Å². The number of nitrogens with zero attached hydrogens (tertiary/aromatic N) is 3. The van der Waals surface area contributed by atoms with Gasteiger partial charge in [-0.1, -0.05) is 0 Å². The number of rotatable bonds is 3. The van der Waals surface area contributed by atoms with Crippen LogP contribution in [-0.2, 0) is 9.53 Å². The highest BCUT2D eigenvalue weighted by Gasteiger charge is 2.26. The standard InChI is InChI=1S/C16H23N3O3/c1-11-9-12(10-20)7-8-19(11)14-6-5-13(17-18-14)15(21)22-16(2,3)4/h5-6,10-12H,7-9H2,1-4H3/t11-,12-/m0/s1. The minimum Gasteiger partial charge on any atom is -0.455 e. The van der Waals surface area contributed by atoms with Gasteiger partial charge in [0.2, 0.25) is 0 Å². The summed E-state index contributed by atoms with van der Waals surface area (Å²) in [6.07, 6.45) is 2.67. The minimum absolute atomic E-state index is 0.125. The van der Waals surface area contributed by atoms with E-state index in [0.717, 1.165) is 31.5 Å². The third-order valence-electron chi connectivity index (χ3n) is 3.66. The molecule has 1 saturated heterocycles. The average Bonchev–Trinajstić information content (AvgIpc) is 2.45. The molecule has 0 unspecified atom stereocenters. The van der Waals surface area contributed by atoms with E-state index in [9.17, 15) is 9.59 Å². The fourth-order valence-electron chi connectivity index (χ4n) is 2.59. The van der Waals surface area contributed by atoms with Crippen LogP contribution in [0.5, 0.6) is 0 Å². The third-order valence-corrected chi connectivity index (χ3v) is 3.66. The van der Waals surface area contributed by atoms with E-state index in [1.807, 2.05) is 20.8 Å². The van der Waals surface area contributed by atoms with Crippen molar-refractivity contribution in [1.29, 1.82) is 0 Å². The molecule has 120 valence electrons. The summed E-state index contributed by atoms with van der Waals surface area (Å²) in [5.41, 5.74) is -0.350. The molecule has 6 heteroatoms. The predicted molar refractivity (Wildman–Crippen MR) is 82.8 cm³/mol. The number of esters is 1. The van der Waals surface area contributed by atoms with Crippen LogP contribution >= 0.6 is 0 Å². The molecule has 0 N–H and O–H groups in total. The molecule has 2 atom stereocenters. The van der Waals surface area contributed by atoms with Gasteiger partial charge in [-0.25, -0.2) is 4.79 Å². The number of hydrogen-bond donors (Lipinski definition) is 0. The Labute approximate surface area is 130 Å². The zero-order valence-corrected chi connectivity index (χ0v) is 13.6. The van der Waals surface area contributed by atoms with E-state index in [1.165, 1.54) is 0 Å². The third kappa shape index (κ3) is 4.02. The van der Waals surface area contributed by atoms with E-state index < -0.39 is 11.6 Å². The Morgan fingerprint density at radius 2 is 2.09 bits per heavy atom. The quantitative estimate of drug-likeness (QED) is 0.630. The molecule has 0 spiro atoms. The fourth-order valence-corrected chi connectivity index (χ4v) is 2.59. The first-order valence-corrected chi connectivity index (χ1v) is 7.59. The van der Waals surface area contributed by atoms with Gasteiger partial charge in [0.05, 0.1) is 0 Å². The van der Waals surface area contributed by atoms with Gasteiger partial charge in [0.1, 0.15) is 11.9 Å². The summed E-state index contributed by atoms with van der Waals surface area (Å²) >= 11 is 0. The lowest BCUT2D eigenvalue weighted by molar-refractivity contribution is -0.111. The topological polar surface area (TPSA) is 72.4 Å². The van der Waals surface area contributed by atoms with Crippen LogP contribution in [0.1, 0.15) is 51.0 Å². The smallest absolute Gasteiger partial charge is 0.359 e. The summed E-state index contributed by atoms with van der Waals surface area (Å²) in [6.45, 7) is 8.27. The summed E-state index contributed by atoms with van der Waals surface area (Å²) in [7, 11) is 0. The van der Waals surface area contributed by atoms with Crippen molar-refractivity contribution in [1.82, 2.24) is 10.2 Å². The molecular formula is C16H23N3O3. The lowest BCUT2D eigenvalue weighted by Crippen LogP contribution is -2.41. The molecule has 2 rings (SSSR count). The molecule has 0 aliphatic carbocycles. The van der Waals surface area contributed by atoms with Crippen molar-refractivity contribution in [3.63, 3.8) is 0 Å². The summed E-state index contributed by atoms with van der Waals surface area (Å²) in [6, 6.07) is 3.64. The van der Waals surface area contributed by atoms with Gasteiger partial charge in [0.15, 0.2) is 11.5 Å². The predicted octanol–water partition coefficient (Wildman–Crippen LogP) is 2.24. The Balaban J connectivity index is 2.06. The van der Waals surface area contributed by atoms with E-state index in [4.69, 9.17) is 4.74 Å². The second-order valence-electron chi connectivity index (χ2n) is 6.74. The molecule has 0 radical (unpaired) electrons. The highest BCUT2D eigenvalue weighted by Crippen LogP contribution is 2.25. The van der Waals surface area contributed by atoms with Crippen molar-refractivity contribution in [3.8, 4) is 0 Å². The normalized spacial score (nSPS) is 22.3. The maximum atomic E-state index is 11.9. The molecule has 0 amide bonds. The first kappa shape index (κ1) is 16.4. The molecule has 1 aromatic heterocycles. The summed E-state index contributed by atoms with van der Waals surface area (Å²) in [4.78, 5) is 24.9. The van der Waals surface area contributed by atoms with Crippen LogP contribution in [0.3, 0.4) is 0 Å². The number of carbonyl (C=O) groups is 2.